The zero-order valence-electron chi connectivity index (χ0n) is 14.6. The summed E-state index contributed by atoms with van der Waals surface area (Å²) in [5, 5.41) is 11.9. The van der Waals surface area contributed by atoms with E-state index in [1.807, 2.05) is 37.3 Å². The fourth-order valence-corrected chi connectivity index (χ4v) is 4.36. The molecule has 3 rings (SSSR count). The Kier molecular flexibility index (Phi) is 6.16. The molecule has 0 aliphatic heterocycles. The highest BCUT2D eigenvalue weighted by Crippen LogP contribution is 2.43. The first-order valence-corrected chi connectivity index (χ1v) is 10.0. The van der Waals surface area contributed by atoms with E-state index in [0.29, 0.717) is 16.6 Å². The number of hydrogen-bond acceptors (Lipinski definition) is 4. The van der Waals surface area contributed by atoms with Crippen LogP contribution in [-0.2, 0) is 0 Å². The maximum Gasteiger partial charge on any atom is 0.208 e. The molecule has 26 heavy (non-hydrogen) atoms. The molecule has 1 atom stereocenters. The number of unbranched alkanes of at least 4 members (excludes halogenated alkanes) is 1. The first-order chi connectivity index (χ1) is 12.6. The predicted octanol–water partition coefficient (Wildman–Crippen LogP) is 6.07. The van der Waals surface area contributed by atoms with Crippen molar-refractivity contribution in [3.05, 3.63) is 57.1 Å². The van der Waals surface area contributed by atoms with Gasteiger partial charge in [-0.15, -0.1) is 11.3 Å². The molecule has 0 aliphatic carbocycles. The zero-order valence-corrected chi connectivity index (χ0v) is 17.0. The molecular weight excluding hydrogens is 419 g/mol. The number of fused-ring (bicyclic) bond motifs is 1. The molecule has 138 valence electrons. The van der Waals surface area contributed by atoms with Crippen molar-refractivity contribution < 1.29 is 19.0 Å². The Morgan fingerprint density at radius 1 is 1.23 bits per heavy atom. The number of thiophene rings is 1. The molecule has 0 saturated heterocycles. The van der Waals surface area contributed by atoms with E-state index in [1.165, 1.54) is 18.4 Å². The van der Waals surface area contributed by atoms with Crippen molar-refractivity contribution in [2.75, 3.05) is 13.7 Å². The van der Waals surface area contributed by atoms with Crippen LogP contribution in [0.25, 0.3) is 10.1 Å². The summed E-state index contributed by atoms with van der Waals surface area (Å²) in [4.78, 5) is 0.732. The topological polar surface area (TPSA) is 38.7 Å². The van der Waals surface area contributed by atoms with E-state index in [9.17, 15) is 9.50 Å². The Morgan fingerprint density at radius 3 is 2.69 bits per heavy atom. The van der Waals surface area contributed by atoms with Crippen molar-refractivity contribution in [3.8, 4) is 11.5 Å². The van der Waals surface area contributed by atoms with Crippen LogP contribution < -0.4 is 9.47 Å². The van der Waals surface area contributed by atoms with E-state index < -0.39 is 11.9 Å². The number of rotatable bonds is 7. The highest BCUT2D eigenvalue weighted by atomic mass is 79.9. The summed E-state index contributed by atoms with van der Waals surface area (Å²) in [5.74, 6) is -0.486. The summed E-state index contributed by atoms with van der Waals surface area (Å²) < 4.78 is 27.3. The van der Waals surface area contributed by atoms with Crippen LogP contribution in [0.3, 0.4) is 0 Å². The Bertz CT molecular complexity index is 876. The number of aliphatic hydroxyl groups excluding tert-OH is 1. The normalized spacial score (nSPS) is 12.3. The van der Waals surface area contributed by atoms with Crippen LogP contribution in [0.1, 0.15) is 36.3 Å². The first kappa shape index (κ1) is 19.1. The summed E-state index contributed by atoms with van der Waals surface area (Å²) in [7, 11) is 1.39. The van der Waals surface area contributed by atoms with Crippen molar-refractivity contribution in [2.45, 2.75) is 25.9 Å². The van der Waals surface area contributed by atoms with Crippen molar-refractivity contribution >= 4 is 37.4 Å². The fourth-order valence-electron chi connectivity index (χ4n) is 2.75. The second-order valence-corrected chi connectivity index (χ2v) is 7.88. The number of hydrogen-bond donors (Lipinski definition) is 1. The van der Waals surface area contributed by atoms with Crippen molar-refractivity contribution in [2.24, 2.45) is 0 Å². The monoisotopic (exact) mass is 438 g/mol. The van der Waals surface area contributed by atoms with Gasteiger partial charge in [0.25, 0.3) is 0 Å². The van der Waals surface area contributed by atoms with E-state index in [-0.39, 0.29) is 11.5 Å². The molecule has 2 aromatic carbocycles. The lowest BCUT2D eigenvalue weighted by molar-refractivity contribution is 0.215. The van der Waals surface area contributed by atoms with Crippen LogP contribution in [0, 0.1) is 5.82 Å². The van der Waals surface area contributed by atoms with Gasteiger partial charge in [0, 0.05) is 15.1 Å². The van der Waals surface area contributed by atoms with Crippen molar-refractivity contribution in [1.82, 2.24) is 0 Å². The maximum atomic E-state index is 14.9. The van der Waals surface area contributed by atoms with E-state index in [1.54, 1.807) is 6.07 Å². The van der Waals surface area contributed by atoms with E-state index >= 15 is 0 Å². The van der Waals surface area contributed by atoms with Crippen molar-refractivity contribution in [3.63, 3.8) is 0 Å². The lowest BCUT2D eigenvalue weighted by Crippen LogP contribution is -2.06. The SMILES string of the molecule is CCCCOc1c(Br)cc(C(O)c2cc3ccccc3s2)c(OC)c1F. The van der Waals surface area contributed by atoms with Gasteiger partial charge in [-0.05, 0) is 45.9 Å². The largest absolute Gasteiger partial charge is 0.493 e. The summed E-state index contributed by atoms with van der Waals surface area (Å²) >= 11 is 4.84. The molecular formula is C20H20BrFO3S. The lowest BCUT2D eigenvalue weighted by atomic mass is 10.1. The van der Waals surface area contributed by atoms with Crippen molar-refractivity contribution in [1.29, 1.82) is 0 Å². The Labute approximate surface area is 164 Å². The average molecular weight is 439 g/mol. The number of aliphatic hydroxyl groups is 1. The molecule has 1 aromatic heterocycles. The number of halogens is 2. The third-order valence-electron chi connectivity index (χ3n) is 4.12. The zero-order chi connectivity index (χ0) is 18.7. The average Bonchev–Trinajstić information content (AvgIpc) is 3.07. The number of methoxy groups -OCH3 is 1. The Hall–Kier alpha value is -1.63. The molecule has 0 bridgehead atoms. The molecule has 1 N–H and O–H groups in total. The van der Waals surface area contributed by atoms with Crippen LogP contribution in [0.2, 0.25) is 0 Å². The second-order valence-electron chi connectivity index (χ2n) is 5.92. The van der Waals surface area contributed by atoms with Gasteiger partial charge in [0.15, 0.2) is 11.5 Å². The number of benzene rings is 2. The summed E-state index contributed by atoms with van der Waals surface area (Å²) in [6.07, 6.45) is 0.803. The predicted molar refractivity (Wildman–Crippen MR) is 107 cm³/mol. The van der Waals surface area contributed by atoms with Gasteiger partial charge in [0.1, 0.15) is 6.10 Å². The molecule has 0 spiro atoms. The minimum absolute atomic E-state index is 0.00431. The van der Waals surface area contributed by atoms with E-state index in [4.69, 9.17) is 9.47 Å². The molecule has 0 amide bonds. The number of ether oxygens (including phenoxy) is 2. The molecule has 6 heteroatoms. The third-order valence-corrected chi connectivity index (χ3v) is 5.87. The van der Waals surface area contributed by atoms with Gasteiger partial charge >= 0.3 is 0 Å². The summed E-state index contributed by atoms with van der Waals surface area (Å²) in [6.45, 7) is 2.47. The van der Waals surface area contributed by atoms with Gasteiger partial charge < -0.3 is 14.6 Å². The second kappa shape index (κ2) is 8.37. The van der Waals surface area contributed by atoms with E-state index in [0.717, 1.165) is 27.8 Å². The maximum absolute atomic E-state index is 14.9. The highest BCUT2D eigenvalue weighted by Gasteiger charge is 2.25. The standard InChI is InChI=1S/C20H20BrFO3S/c1-3-4-9-25-20-14(21)11-13(19(24-2)17(20)22)18(23)16-10-12-7-5-6-8-15(12)26-16/h5-8,10-11,18,23H,3-4,9H2,1-2H3. The molecule has 1 heterocycles. The van der Waals surface area contributed by atoms with Gasteiger partial charge in [-0.3, -0.25) is 0 Å². The molecule has 0 saturated carbocycles. The first-order valence-electron chi connectivity index (χ1n) is 8.42. The fraction of sp³-hybridized carbons (Fsp3) is 0.300. The smallest absolute Gasteiger partial charge is 0.208 e. The Balaban J connectivity index is 2.00. The lowest BCUT2D eigenvalue weighted by Gasteiger charge is -2.18. The quantitative estimate of drug-likeness (QED) is 0.454. The summed E-state index contributed by atoms with van der Waals surface area (Å²) in [5.41, 5.74) is 0.367. The molecule has 0 radical (unpaired) electrons. The Morgan fingerprint density at radius 2 is 2.00 bits per heavy atom. The molecule has 0 aliphatic rings. The highest BCUT2D eigenvalue weighted by molar-refractivity contribution is 9.10. The van der Waals surface area contributed by atoms with Crippen LogP contribution in [0.15, 0.2) is 40.9 Å². The van der Waals surface area contributed by atoms with Crippen LogP contribution >= 0.6 is 27.3 Å². The van der Waals surface area contributed by atoms with Gasteiger partial charge in [-0.25, -0.2) is 0 Å². The van der Waals surface area contributed by atoms with E-state index in [2.05, 4.69) is 15.9 Å². The third kappa shape index (κ3) is 3.72. The van der Waals surface area contributed by atoms with Gasteiger partial charge in [0.2, 0.25) is 5.82 Å². The minimum atomic E-state index is -0.988. The van der Waals surface area contributed by atoms with Crippen LogP contribution in [-0.4, -0.2) is 18.8 Å². The van der Waals surface area contributed by atoms with Gasteiger partial charge in [0.05, 0.1) is 18.2 Å². The molecule has 3 aromatic rings. The van der Waals surface area contributed by atoms with Crippen LogP contribution in [0.5, 0.6) is 11.5 Å². The summed E-state index contributed by atoms with van der Waals surface area (Å²) in [6, 6.07) is 11.5. The molecule has 1 unspecified atom stereocenters. The van der Waals surface area contributed by atoms with Crippen LogP contribution in [0.4, 0.5) is 4.39 Å². The van der Waals surface area contributed by atoms with Gasteiger partial charge in [-0.1, -0.05) is 31.5 Å². The van der Waals surface area contributed by atoms with Gasteiger partial charge in [-0.2, -0.15) is 4.39 Å². The molecule has 0 fully saturated rings. The molecule has 3 nitrogen and oxygen atoms in total. The minimum Gasteiger partial charge on any atom is -0.493 e.